The zero-order valence-electron chi connectivity index (χ0n) is 12.5. The molecule has 1 N–H and O–H groups in total. The summed E-state index contributed by atoms with van der Waals surface area (Å²) in [5.41, 5.74) is 1.18. The van der Waals surface area contributed by atoms with Crippen LogP contribution in [0.2, 0.25) is 5.02 Å². The Morgan fingerprint density at radius 1 is 1.09 bits per heavy atom. The lowest BCUT2D eigenvalue weighted by atomic mass is 10.2. The van der Waals surface area contributed by atoms with Crippen molar-refractivity contribution in [2.24, 2.45) is 0 Å². The molecule has 0 saturated heterocycles. The van der Waals surface area contributed by atoms with Crippen LogP contribution in [0.15, 0.2) is 48.5 Å². The Hall–Kier alpha value is -2.53. The number of para-hydroxylation sites is 1. The van der Waals surface area contributed by atoms with E-state index < -0.39 is 11.9 Å². The van der Waals surface area contributed by atoms with Crippen LogP contribution in [0.1, 0.15) is 15.9 Å². The van der Waals surface area contributed by atoms with Gasteiger partial charge in [0.1, 0.15) is 18.9 Å². The minimum atomic E-state index is -0.525. The van der Waals surface area contributed by atoms with Crippen molar-refractivity contribution in [2.75, 3.05) is 13.7 Å². The average molecular weight is 334 g/mol. The van der Waals surface area contributed by atoms with Crippen LogP contribution in [0.3, 0.4) is 0 Å². The van der Waals surface area contributed by atoms with E-state index in [2.05, 4.69) is 5.32 Å². The van der Waals surface area contributed by atoms with E-state index in [9.17, 15) is 9.59 Å². The molecule has 2 aromatic rings. The molecule has 23 heavy (non-hydrogen) atoms. The van der Waals surface area contributed by atoms with Crippen molar-refractivity contribution >= 4 is 23.5 Å². The SMILES string of the molecule is COc1ccccc1C(=O)NCC(=O)OCc1ccc(Cl)cc1. The molecule has 120 valence electrons. The normalized spacial score (nSPS) is 10.0. The molecule has 2 aromatic carbocycles. The second kappa shape index (κ2) is 8.19. The van der Waals surface area contributed by atoms with Gasteiger partial charge < -0.3 is 14.8 Å². The van der Waals surface area contributed by atoms with E-state index in [-0.39, 0.29) is 13.2 Å². The number of halogens is 1. The molecule has 0 aliphatic heterocycles. The highest BCUT2D eigenvalue weighted by Crippen LogP contribution is 2.16. The van der Waals surface area contributed by atoms with E-state index in [0.717, 1.165) is 5.56 Å². The molecule has 5 nitrogen and oxygen atoms in total. The molecule has 0 radical (unpaired) electrons. The predicted molar refractivity (Wildman–Crippen MR) is 86.6 cm³/mol. The van der Waals surface area contributed by atoms with Crippen molar-refractivity contribution in [3.8, 4) is 5.75 Å². The van der Waals surface area contributed by atoms with Crippen molar-refractivity contribution in [1.29, 1.82) is 0 Å². The van der Waals surface area contributed by atoms with Gasteiger partial charge in [0.15, 0.2) is 0 Å². The van der Waals surface area contributed by atoms with Crippen molar-refractivity contribution in [1.82, 2.24) is 5.32 Å². The molecule has 1 amide bonds. The van der Waals surface area contributed by atoms with Crippen LogP contribution in [0, 0.1) is 0 Å². The number of benzene rings is 2. The second-order valence-electron chi connectivity index (χ2n) is 4.67. The molecule has 0 atom stereocenters. The summed E-state index contributed by atoms with van der Waals surface area (Å²) in [5.74, 6) is -0.478. The Morgan fingerprint density at radius 3 is 2.48 bits per heavy atom. The minimum absolute atomic E-state index is 0.126. The Balaban J connectivity index is 1.82. The highest BCUT2D eigenvalue weighted by molar-refractivity contribution is 6.30. The molecule has 0 heterocycles. The summed E-state index contributed by atoms with van der Waals surface area (Å²) in [7, 11) is 1.48. The lowest BCUT2D eigenvalue weighted by Crippen LogP contribution is -2.30. The van der Waals surface area contributed by atoms with Crippen LogP contribution in [-0.4, -0.2) is 25.5 Å². The zero-order valence-corrected chi connectivity index (χ0v) is 13.3. The minimum Gasteiger partial charge on any atom is -0.496 e. The Morgan fingerprint density at radius 2 is 1.78 bits per heavy atom. The standard InChI is InChI=1S/C17H16ClNO4/c1-22-15-5-3-2-4-14(15)17(21)19-10-16(20)23-11-12-6-8-13(18)9-7-12/h2-9H,10-11H2,1H3,(H,19,21). The van der Waals surface area contributed by atoms with Gasteiger partial charge in [0.2, 0.25) is 0 Å². The first-order valence-electron chi connectivity index (χ1n) is 6.91. The third-order valence-corrected chi connectivity index (χ3v) is 3.31. The molecule has 0 fully saturated rings. The topological polar surface area (TPSA) is 64.6 Å². The van der Waals surface area contributed by atoms with Gasteiger partial charge in [0.25, 0.3) is 5.91 Å². The number of ether oxygens (including phenoxy) is 2. The fourth-order valence-electron chi connectivity index (χ4n) is 1.88. The molecule has 0 spiro atoms. The number of amides is 1. The van der Waals surface area contributed by atoms with Crippen LogP contribution >= 0.6 is 11.6 Å². The van der Waals surface area contributed by atoms with Crippen molar-refractivity contribution in [2.45, 2.75) is 6.61 Å². The van der Waals surface area contributed by atoms with Gasteiger partial charge in [0.05, 0.1) is 12.7 Å². The predicted octanol–water partition coefficient (Wildman–Crippen LogP) is 2.82. The summed E-state index contributed by atoms with van der Waals surface area (Å²) in [6, 6.07) is 13.7. The fourth-order valence-corrected chi connectivity index (χ4v) is 2.00. The Kier molecular flexibility index (Phi) is 6.00. The second-order valence-corrected chi connectivity index (χ2v) is 5.11. The van der Waals surface area contributed by atoms with Gasteiger partial charge in [-0.25, -0.2) is 0 Å². The van der Waals surface area contributed by atoms with Crippen LogP contribution in [0.25, 0.3) is 0 Å². The molecule has 6 heteroatoms. The number of methoxy groups -OCH3 is 1. The summed E-state index contributed by atoms with van der Waals surface area (Å²) in [6.45, 7) is -0.0923. The van der Waals surface area contributed by atoms with E-state index in [1.807, 2.05) is 0 Å². The van der Waals surface area contributed by atoms with E-state index in [1.54, 1.807) is 48.5 Å². The molecule has 0 bridgehead atoms. The number of rotatable bonds is 6. The number of esters is 1. The highest BCUT2D eigenvalue weighted by atomic mass is 35.5. The lowest BCUT2D eigenvalue weighted by Gasteiger charge is -2.09. The van der Waals surface area contributed by atoms with Gasteiger partial charge >= 0.3 is 5.97 Å². The number of hydrogen-bond donors (Lipinski definition) is 1. The van der Waals surface area contributed by atoms with Crippen LogP contribution < -0.4 is 10.1 Å². The van der Waals surface area contributed by atoms with E-state index in [1.165, 1.54) is 7.11 Å². The maximum absolute atomic E-state index is 12.0. The molecule has 0 aliphatic carbocycles. The van der Waals surface area contributed by atoms with E-state index in [0.29, 0.717) is 16.3 Å². The van der Waals surface area contributed by atoms with Crippen LogP contribution in [0.5, 0.6) is 5.75 Å². The number of hydrogen-bond acceptors (Lipinski definition) is 4. The summed E-state index contributed by atoms with van der Waals surface area (Å²) in [6.07, 6.45) is 0. The van der Waals surface area contributed by atoms with E-state index >= 15 is 0 Å². The zero-order chi connectivity index (χ0) is 16.7. The maximum Gasteiger partial charge on any atom is 0.325 e. The molecular formula is C17H16ClNO4. The van der Waals surface area contributed by atoms with Crippen molar-refractivity contribution < 1.29 is 19.1 Å². The number of carbonyl (C=O) groups is 2. The van der Waals surface area contributed by atoms with E-state index in [4.69, 9.17) is 21.1 Å². The van der Waals surface area contributed by atoms with Crippen molar-refractivity contribution in [3.05, 3.63) is 64.7 Å². The van der Waals surface area contributed by atoms with Gasteiger partial charge in [-0.05, 0) is 29.8 Å². The average Bonchev–Trinajstić information content (AvgIpc) is 2.59. The van der Waals surface area contributed by atoms with Crippen molar-refractivity contribution in [3.63, 3.8) is 0 Å². The molecule has 0 unspecified atom stereocenters. The number of carbonyl (C=O) groups excluding carboxylic acids is 2. The maximum atomic E-state index is 12.0. The van der Waals surface area contributed by atoms with Gasteiger partial charge in [-0.2, -0.15) is 0 Å². The lowest BCUT2D eigenvalue weighted by molar-refractivity contribution is -0.143. The fraction of sp³-hybridized carbons (Fsp3) is 0.176. The summed E-state index contributed by atoms with van der Waals surface area (Å²) in [4.78, 5) is 23.7. The molecule has 2 rings (SSSR count). The van der Waals surface area contributed by atoms with Crippen LogP contribution in [0.4, 0.5) is 0 Å². The summed E-state index contributed by atoms with van der Waals surface area (Å²) < 4.78 is 10.2. The first-order chi connectivity index (χ1) is 11.1. The molecular weight excluding hydrogens is 318 g/mol. The quantitative estimate of drug-likeness (QED) is 0.826. The summed E-state index contributed by atoms with van der Waals surface area (Å²) >= 11 is 5.78. The summed E-state index contributed by atoms with van der Waals surface area (Å²) in [5, 5.41) is 3.12. The molecule has 0 aliphatic rings. The largest absolute Gasteiger partial charge is 0.496 e. The Bertz CT molecular complexity index is 685. The smallest absolute Gasteiger partial charge is 0.325 e. The van der Waals surface area contributed by atoms with Gasteiger partial charge in [-0.3, -0.25) is 9.59 Å². The van der Waals surface area contributed by atoms with Gasteiger partial charge in [-0.15, -0.1) is 0 Å². The first kappa shape index (κ1) is 16.8. The number of nitrogens with one attached hydrogen (secondary N) is 1. The first-order valence-corrected chi connectivity index (χ1v) is 7.29. The van der Waals surface area contributed by atoms with Gasteiger partial charge in [0, 0.05) is 5.02 Å². The van der Waals surface area contributed by atoms with Gasteiger partial charge in [-0.1, -0.05) is 35.9 Å². The molecule has 0 aromatic heterocycles. The Labute approximate surface area is 139 Å². The third kappa shape index (κ3) is 5.00. The highest BCUT2D eigenvalue weighted by Gasteiger charge is 2.13. The third-order valence-electron chi connectivity index (χ3n) is 3.06. The molecule has 0 saturated carbocycles. The monoisotopic (exact) mass is 333 g/mol. The van der Waals surface area contributed by atoms with Crippen LogP contribution in [-0.2, 0) is 16.1 Å².